The zero-order valence-electron chi connectivity index (χ0n) is 13.1. The lowest BCUT2D eigenvalue weighted by molar-refractivity contribution is -0.144. The van der Waals surface area contributed by atoms with Gasteiger partial charge < -0.3 is 15.4 Å². The number of allylic oxidation sites excluding steroid dienone is 1. The number of urea groups is 1. The molecule has 1 aliphatic heterocycles. The molecule has 1 aromatic carbocycles. The van der Waals surface area contributed by atoms with Gasteiger partial charge in [-0.1, -0.05) is 13.0 Å². The average molecular weight is 385 g/mol. The Morgan fingerprint density at radius 2 is 2.17 bits per heavy atom. The number of carbonyl (C=O) groups is 2. The van der Waals surface area contributed by atoms with Crippen molar-refractivity contribution in [2.75, 3.05) is 0 Å². The first-order valence-electron chi connectivity index (χ1n) is 7.27. The number of hydrogen-bond donors (Lipinski definition) is 2. The first-order valence-corrected chi connectivity index (χ1v) is 8.07. The summed E-state index contributed by atoms with van der Waals surface area (Å²) < 4.78 is 19.1. The van der Waals surface area contributed by atoms with Gasteiger partial charge in [0.1, 0.15) is 5.82 Å². The van der Waals surface area contributed by atoms with Gasteiger partial charge in [-0.3, -0.25) is 0 Å². The summed E-state index contributed by atoms with van der Waals surface area (Å²) in [4.78, 5) is 24.2. The first-order chi connectivity index (χ1) is 10.8. The molecule has 5 nitrogen and oxygen atoms in total. The number of ether oxygens (including phenoxy) is 1. The molecule has 0 fully saturated rings. The van der Waals surface area contributed by atoms with Crippen molar-refractivity contribution in [1.82, 2.24) is 10.6 Å². The number of esters is 1. The molecule has 1 aromatic rings. The molecule has 2 rings (SSSR count). The molecule has 1 aliphatic rings. The second kappa shape index (κ2) is 7.12. The Kier molecular flexibility index (Phi) is 5.41. The van der Waals surface area contributed by atoms with E-state index in [1.54, 1.807) is 13.8 Å². The van der Waals surface area contributed by atoms with Crippen molar-refractivity contribution < 1.29 is 18.7 Å². The Morgan fingerprint density at radius 3 is 2.78 bits per heavy atom. The molecule has 0 saturated carbocycles. The normalized spacial score (nSPS) is 19.0. The highest BCUT2D eigenvalue weighted by atomic mass is 79.9. The molecule has 0 aliphatic carbocycles. The lowest BCUT2D eigenvalue weighted by Gasteiger charge is -2.29. The fourth-order valence-electron chi connectivity index (χ4n) is 2.24. The molecule has 124 valence electrons. The van der Waals surface area contributed by atoms with E-state index in [1.165, 1.54) is 18.2 Å². The maximum atomic E-state index is 13.4. The maximum Gasteiger partial charge on any atom is 0.338 e. The van der Waals surface area contributed by atoms with Crippen LogP contribution >= 0.6 is 15.9 Å². The Hall–Kier alpha value is -1.89. The quantitative estimate of drug-likeness (QED) is 0.779. The van der Waals surface area contributed by atoms with Gasteiger partial charge in [0.2, 0.25) is 0 Å². The van der Waals surface area contributed by atoms with Gasteiger partial charge in [0.05, 0.1) is 22.2 Å². The van der Waals surface area contributed by atoms with Crippen LogP contribution in [-0.4, -0.2) is 18.1 Å². The Morgan fingerprint density at radius 1 is 1.48 bits per heavy atom. The molecule has 23 heavy (non-hydrogen) atoms. The number of rotatable bonds is 4. The van der Waals surface area contributed by atoms with E-state index in [0.717, 1.165) is 0 Å². The van der Waals surface area contributed by atoms with Gasteiger partial charge >= 0.3 is 12.0 Å². The lowest BCUT2D eigenvalue weighted by atomic mass is 9.95. The molecule has 0 bridgehead atoms. The van der Waals surface area contributed by atoms with Crippen LogP contribution in [0.4, 0.5) is 9.18 Å². The molecule has 1 heterocycles. The topological polar surface area (TPSA) is 67.4 Å². The summed E-state index contributed by atoms with van der Waals surface area (Å²) in [6, 6.07) is 3.22. The first kappa shape index (κ1) is 17.5. The minimum absolute atomic E-state index is 0.235. The molecule has 2 N–H and O–H groups in total. The standard InChI is InChI=1S/C16H18BrFN2O3/c1-4-8(2)23-15(21)13-9(3)19-16(22)20-14(13)10-5-6-12(18)11(17)7-10/h5-8,14H,4H2,1-3H3,(H2,19,20,22)/t8-,14+/m0/s1. The third-order valence-corrected chi connectivity index (χ3v) is 4.26. The Bertz CT molecular complexity index is 675. The highest BCUT2D eigenvalue weighted by Crippen LogP contribution is 2.30. The van der Waals surface area contributed by atoms with Crippen LogP contribution in [0.2, 0.25) is 0 Å². The van der Waals surface area contributed by atoms with Gasteiger partial charge in [-0.2, -0.15) is 0 Å². The molecule has 0 radical (unpaired) electrons. The second-order valence-corrected chi connectivity index (χ2v) is 6.22. The van der Waals surface area contributed by atoms with E-state index in [9.17, 15) is 14.0 Å². The van der Waals surface area contributed by atoms with Crippen LogP contribution in [0.1, 0.15) is 38.8 Å². The van der Waals surface area contributed by atoms with E-state index in [4.69, 9.17) is 4.74 Å². The summed E-state index contributed by atoms with van der Waals surface area (Å²) in [5.74, 6) is -0.923. The molecule has 0 aromatic heterocycles. The van der Waals surface area contributed by atoms with Crippen LogP contribution in [0, 0.1) is 5.82 Å². The SMILES string of the molecule is CC[C@H](C)OC(=O)C1=C(C)NC(=O)N[C@@H]1c1ccc(F)c(Br)c1. The second-order valence-electron chi connectivity index (χ2n) is 5.37. The van der Waals surface area contributed by atoms with E-state index in [1.807, 2.05) is 6.92 Å². The van der Waals surface area contributed by atoms with Gasteiger partial charge in [-0.05, 0) is 53.9 Å². The maximum absolute atomic E-state index is 13.4. The monoisotopic (exact) mass is 384 g/mol. The Labute approximate surface area is 142 Å². The lowest BCUT2D eigenvalue weighted by Crippen LogP contribution is -2.45. The molecule has 2 atom stereocenters. The van der Waals surface area contributed by atoms with E-state index < -0.39 is 23.9 Å². The van der Waals surface area contributed by atoms with Gasteiger partial charge in [0, 0.05) is 5.70 Å². The van der Waals surface area contributed by atoms with Crippen molar-refractivity contribution in [3.63, 3.8) is 0 Å². The number of nitrogens with one attached hydrogen (secondary N) is 2. The number of halogens is 2. The average Bonchev–Trinajstić information content (AvgIpc) is 2.48. The number of amides is 2. The van der Waals surface area contributed by atoms with Crippen molar-refractivity contribution in [2.45, 2.75) is 39.3 Å². The van der Waals surface area contributed by atoms with Crippen molar-refractivity contribution in [1.29, 1.82) is 0 Å². The summed E-state index contributed by atoms with van der Waals surface area (Å²) in [6.45, 7) is 5.35. The Balaban J connectivity index is 2.41. The van der Waals surface area contributed by atoms with E-state index in [0.29, 0.717) is 23.3 Å². The molecule has 0 spiro atoms. The van der Waals surface area contributed by atoms with Crippen molar-refractivity contribution in [2.24, 2.45) is 0 Å². The number of hydrogen-bond acceptors (Lipinski definition) is 3. The zero-order valence-corrected chi connectivity index (χ0v) is 14.7. The van der Waals surface area contributed by atoms with Gasteiger partial charge in [0.15, 0.2) is 0 Å². The summed E-state index contributed by atoms with van der Waals surface area (Å²) in [6.07, 6.45) is 0.450. The van der Waals surface area contributed by atoms with E-state index in [-0.39, 0.29) is 10.6 Å². The van der Waals surface area contributed by atoms with Crippen LogP contribution < -0.4 is 10.6 Å². The van der Waals surface area contributed by atoms with E-state index in [2.05, 4.69) is 26.6 Å². The largest absolute Gasteiger partial charge is 0.459 e. The number of carbonyl (C=O) groups excluding carboxylic acids is 2. The molecule has 0 unspecified atom stereocenters. The fraction of sp³-hybridized carbons (Fsp3) is 0.375. The minimum atomic E-state index is -0.697. The summed E-state index contributed by atoms with van der Waals surface area (Å²) in [7, 11) is 0. The predicted octanol–water partition coefficient (Wildman–Crippen LogP) is 3.56. The molecular weight excluding hydrogens is 367 g/mol. The predicted molar refractivity (Wildman–Crippen MR) is 87.1 cm³/mol. The third-order valence-electron chi connectivity index (χ3n) is 3.65. The zero-order chi connectivity index (χ0) is 17.1. The smallest absolute Gasteiger partial charge is 0.338 e. The highest BCUT2D eigenvalue weighted by molar-refractivity contribution is 9.10. The summed E-state index contributed by atoms with van der Waals surface area (Å²) in [5, 5.41) is 5.25. The third kappa shape index (κ3) is 3.90. The van der Waals surface area contributed by atoms with Gasteiger partial charge in [-0.25, -0.2) is 14.0 Å². The van der Waals surface area contributed by atoms with Crippen LogP contribution in [0.3, 0.4) is 0 Å². The van der Waals surface area contributed by atoms with Crippen LogP contribution in [0.25, 0.3) is 0 Å². The molecule has 7 heteroatoms. The summed E-state index contributed by atoms with van der Waals surface area (Å²) >= 11 is 3.12. The van der Waals surface area contributed by atoms with Gasteiger partial charge in [0.25, 0.3) is 0 Å². The van der Waals surface area contributed by atoms with Gasteiger partial charge in [-0.15, -0.1) is 0 Å². The summed E-state index contributed by atoms with van der Waals surface area (Å²) in [5.41, 5.74) is 1.32. The van der Waals surface area contributed by atoms with Crippen LogP contribution in [-0.2, 0) is 9.53 Å². The molecule has 2 amide bonds. The number of benzene rings is 1. The highest BCUT2D eigenvalue weighted by Gasteiger charge is 2.33. The van der Waals surface area contributed by atoms with E-state index >= 15 is 0 Å². The fourth-order valence-corrected chi connectivity index (χ4v) is 2.63. The van der Waals surface area contributed by atoms with Crippen molar-refractivity contribution in [3.8, 4) is 0 Å². The molecular formula is C16H18BrFN2O3. The van der Waals surface area contributed by atoms with Crippen molar-refractivity contribution >= 4 is 27.9 Å². The minimum Gasteiger partial charge on any atom is -0.459 e. The van der Waals surface area contributed by atoms with Crippen molar-refractivity contribution in [3.05, 3.63) is 45.3 Å². The van der Waals surface area contributed by atoms with Crippen LogP contribution in [0.15, 0.2) is 33.9 Å². The van der Waals surface area contributed by atoms with Crippen LogP contribution in [0.5, 0.6) is 0 Å². The molecule has 0 saturated heterocycles.